The molecule has 0 spiro atoms. The van der Waals surface area contributed by atoms with Crippen molar-refractivity contribution in [2.75, 3.05) is 19.6 Å². The lowest BCUT2D eigenvalue weighted by molar-refractivity contribution is 0.209. The molecule has 2 heterocycles. The number of hydrogen-bond acceptors (Lipinski definition) is 3. The van der Waals surface area contributed by atoms with E-state index in [4.69, 9.17) is 0 Å². The van der Waals surface area contributed by atoms with E-state index in [0.717, 1.165) is 13.1 Å². The molecule has 1 aliphatic rings. The molecule has 2 rings (SSSR count). The minimum Gasteiger partial charge on any atom is -0.309 e. The molecule has 0 aromatic carbocycles. The summed E-state index contributed by atoms with van der Waals surface area (Å²) in [6.45, 7) is 11.4. The largest absolute Gasteiger partial charge is 0.309 e. The van der Waals surface area contributed by atoms with Crippen molar-refractivity contribution in [2.24, 2.45) is 7.05 Å². The minimum absolute atomic E-state index is 0.491. The van der Waals surface area contributed by atoms with E-state index < -0.39 is 0 Å². The Morgan fingerprint density at radius 3 is 2.55 bits per heavy atom. The number of aryl methyl sites for hydroxylation is 1. The van der Waals surface area contributed by atoms with Gasteiger partial charge in [0.05, 0.1) is 5.69 Å². The SMILES string of the molecule is CC(CN1CCCCC1)NCc1cn(C)nc1C(C)C. The first-order chi connectivity index (χ1) is 9.56. The van der Waals surface area contributed by atoms with E-state index >= 15 is 0 Å². The molecule has 0 aliphatic carbocycles. The van der Waals surface area contributed by atoms with Gasteiger partial charge >= 0.3 is 0 Å². The van der Waals surface area contributed by atoms with Crippen LogP contribution in [0.15, 0.2) is 6.20 Å². The van der Waals surface area contributed by atoms with Crippen LogP contribution in [0.25, 0.3) is 0 Å². The molecule has 1 saturated heterocycles. The smallest absolute Gasteiger partial charge is 0.0694 e. The predicted octanol–water partition coefficient (Wildman–Crippen LogP) is 2.51. The van der Waals surface area contributed by atoms with E-state index in [0.29, 0.717) is 12.0 Å². The van der Waals surface area contributed by atoms with Crippen LogP contribution in [0.3, 0.4) is 0 Å². The predicted molar refractivity (Wildman–Crippen MR) is 83.9 cm³/mol. The average Bonchev–Trinajstić information content (AvgIpc) is 2.79. The van der Waals surface area contributed by atoms with Crippen molar-refractivity contribution in [1.29, 1.82) is 0 Å². The summed E-state index contributed by atoms with van der Waals surface area (Å²) < 4.78 is 1.93. The number of hydrogen-bond donors (Lipinski definition) is 1. The topological polar surface area (TPSA) is 33.1 Å². The zero-order valence-corrected chi connectivity index (χ0v) is 13.5. The fourth-order valence-electron chi connectivity index (χ4n) is 3.06. The van der Waals surface area contributed by atoms with Gasteiger partial charge in [0.15, 0.2) is 0 Å². The molecule has 0 saturated carbocycles. The highest BCUT2D eigenvalue weighted by Gasteiger charge is 2.15. The van der Waals surface area contributed by atoms with Crippen LogP contribution < -0.4 is 5.32 Å². The summed E-state index contributed by atoms with van der Waals surface area (Å²) in [4.78, 5) is 2.59. The fraction of sp³-hybridized carbons (Fsp3) is 0.812. The van der Waals surface area contributed by atoms with Crippen LogP contribution >= 0.6 is 0 Å². The van der Waals surface area contributed by atoms with Gasteiger partial charge in [0.25, 0.3) is 0 Å². The lowest BCUT2D eigenvalue weighted by Gasteiger charge is -2.29. The molecule has 1 unspecified atom stereocenters. The summed E-state index contributed by atoms with van der Waals surface area (Å²) in [5.74, 6) is 0.491. The molecular formula is C16H30N4. The highest BCUT2D eigenvalue weighted by Crippen LogP contribution is 2.17. The Morgan fingerprint density at radius 2 is 1.90 bits per heavy atom. The van der Waals surface area contributed by atoms with Crippen molar-refractivity contribution < 1.29 is 0 Å². The number of aromatic nitrogens is 2. The maximum atomic E-state index is 4.57. The summed E-state index contributed by atoms with van der Waals surface area (Å²) >= 11 is 0. The summed E-state index contributed by atoms with van der Waals surface area (Å²) in [5.41, 5.74) is 2.57. The Morgan fingerprint density at radius 1 is 1.20 bits per heavy atom. The second kappa shape index (κ2) is 7.23. The van der Waals surface area contributed by atoms with Gasteiger partial charge < -0.3 is 10.2 Å². The van der Waals surface area contributed by atoms with Crippen molar-refractivity contribution in [1.82, 2.24) is 20.0 Å². The van der Waals surface area contributed by atoms with E-state index in [1.165, 1.54) is 43.6 Å². The Kier molecular flexibility index (Phi) is 5.61. The zero-order valence-electron chi connectivity index (χ0n) is 13.5. The molecule has 0 bridgehead atoms. The van der Waals surface area contributed by atoms with Crippen molar-refractivity contribution in [3.05, 3.63) is 17.5 Å². The molecule has 1 aromatic heterocycles. The summed E-state index contributed by atoms with van der Waals surface area (Å²) in [5, 5.41) is 8.23. The van der Waals surface area contributed by atoms with Gasteiger partial charge in [0.1, 0.15) is 0 Å². The molecule has 4 heteroatoms. The zero-order chi connectivity index (χ0) is 14.5. The monoisotopic (exact) mass is 278 g/mol. The van der Waals surface area contributed by atoms with E-state index in [1.54, 1.807) is 0 Å². The molecule has 1 atom stereocenters. The Bertz CT molecular complexity index is 405. The maximum absolute atomic E-state index is 4.57. The van der Waals surface area contributed by atoms with Crippen molar-refractivity contribution in [2.45, 2.75) is 58.5 Å². The number of rotatable bonds is 6. The summed E-state index contributed by atoms with van der Waals surface area (Å²) in [7, 11) is 2.01. The molecule has 114 valence electrons. The third-order valence-corrected chi connectivity index (χ3v) is 4.11. The Balaban J connectivity index is 1.81. The van der Waals surface area contributed by atoms with Crippen LogP contribution in [0.2, 0.25) is 0 Å². The number of nitrogens with one attached hydrogen (secondary N) is 1. The molecule has 1 fully saturated rings. The first-order valence-electron chi connectivity index (χ1n) is 8.04. The van der Waals surface area contributed by atoms with Crippen LogP contribution in [0.4, 0.5) is 0 Å². The quantitative estimate of drug-likeness (QED) is 0.868. The molecule has 1 N–H and O–H groups in total. The summed E-state index contributed by atoms with van der Waals surface area (Å²) in [6, 6.07) is 0.535. The second-order valence-electron chi connectivity index (χ2n) is 6.51. The van der Waals surface area contributed by atoms with Crippen LogP contribution in [0.1, 0.15) is 57.2 Å². The fourth-order valence-corrected chi connectivity index (χ4v) is 3.06. The molecule has 0 radical (unpaired) electrons. The maximum Gasteiger partial charge on any atom is 0.0694 e. The number of nitrogens with zero attached hydrogens (tertiary/aromatic N) is 3. The molecular weight excluding hydrogens is 248 g/mol. The van der Waals surface area contributed by atoms with Gasteiger partial charge in [-0.2, -0.15) is 5.10 Å². The first-order valence-corrected chi connectivity index (χ1v) is 8.04. The normalized spacial score (nSPS) is 18.6. The van der Waals surface area contributed by atoms with Gasteiger partial charge in [0, 0.05) is 37.9 Å². The highest BCUT2D eigenvalue weighted by molar-refractivity contribution is 5.20. The van der Waals surface area contributed by atoms with Gasteiger partial charge in [-0.3, -0.25) is 4.68 Å². The van der Waals surface area contributed by atoms with Crippen LogP contribution in [-0.4, -0.2) is 40.4 Å². The third kappa shape index (κ3) is 4.32. The third-order valence-electron chi connectivity index (χ3n) is 4.11. The van der Waals surface area contributed by atoms with Crippen molar-refractivity contribution >= 4 is 0 Å². The van der Waals surface area contributed by atoms with Gasteiger partial charge in [0.2, 0.25) is 0 Å². The lowest BCUT2D eigenvalue weighted by Crippen LogP contribution is -2.41. The van der Waals surface area contributed by atoms with Gasteiger partial charge in [-0.05, 0) is 38.8 Å². The molecule has 1 aromatic rings. The second-order valence-corrected chi connectivity index (χ2v) is 6.51. The molecule has 0 amide bonds. The van der Waals surface area contributed by atoms with E-state index in [2.05, 4.69) is 42.3 Å². The molecule has 4 nitrogen and oxygen atoms in total. The van der Waals surface area contributed by atoms with Gasteiger partial charge in [-0.15, -0.1) is 0 Å². The average molecular weight is 278 g/mol. The minimum atomic E-state index is 0.491. The van der Waals surface area contributed by atoms with Gasteiger partial charge in [-0.25, -0.2) is 0 Å². The lowest BCUT2D eigenvalue weighted by atomic mass is 10.1. The van der Waals surface area contributed by atoms with Gasteiger partial charge in [-0.1, -0.05) is 20.3 Å². The number of likely N-dealkylation sites (tertiary alicyclic amines) is 1. The van der Waals surface area contributed by atoms with Crippen molar-refractivity contribution in [3.8, 4) is 0 Å². The Hall–Kier alpha value is -0.870. The number of piperidine rings is 1. The standard InChI is InChI=1S/C16H30N4/c1-13(2)16-15(12-19(4)18-16)10-17-14(3)11-20-8-6-5-7-9-20/h12-14,17H,5-11H2,1-4H3. The molecule has 20 heavy (non-hydrogen) atoms. The van der Waals surface area contributed by atoms with E-state index in [-0.39, 0.29) is 0 Å². The highest BCUT2D eigenvalue weighted by atomic mass is 15.3. The van der Waals surface area contributed by atoms with E-state index in [1.807, 2.05) is 11.7 Å². The summed E-state index contributed by atoms with van der Waals surface area (Å²) in [6.07, 6.45) is 6.29. The van der Waals surface area contributed by atoms with E-state index in [9.17, 15) is 0 Å². The molecule has 1 aliphatic heterocycles. The van der Waals surface area contributed by atoms with Crippen LogP contribution in [0, 0.1) is 0 Å². The first kappa shape index (κ1) is 15.5. The Labute approximate surface area is 123 Å². The van der Waals surface area contributed by atoms with Crippen molar-refractivity contribution in [3.63, 3.8) is 0 Å². The van der Waals surface area contributed by atoms with Crippen LogP contribution in [-0.2, 0) is 13.6 Å². The van der Waals surface area contributed by atoms with Crippen LogP contribution in [0.5, 0.6) is 0 Å².